The van der Waals surface area contributed by atoms with E-state index in [1.54, 1.807) is 35.1 Å². The Bertz CT molecular complexity index is 606. The summed E-state index contributed by atoms with van der Waals surface area (Å²) >= 11 is 0. The number of carboxylic acids is 1. The second-order valence-electron chi connectivity index (χ2n) is 4.67. The summed E-state index contributed by atoms with van der Waals surface area (Å²) in [5.41, 5.74) is 1.35. The normalized spacial score (nSPS) is 11.9. The van der Waals surface area contributed by atoms with E-state index in [9.17, 15) is 9.59 Å². The number of hydrogen-bond acceptors (Lipinski definition) is 3. The third-order valence-electron chi connectivity index (χ3n) is 3.15. The molecule has 0 aliphatic rings. The Hall–Kier alpha value is -2.63. The Balaban J connectivity index is 2.04. The van der Waals surface area contributed by atoms with Crippen LogP contribution in [0.5, 0.6) is 0 Å². The van der Waals surface area contributed by atoms with Gasteiger partial charge in [-0.05, 0) is 36.8 Å². The zero-order valence-electron chi connectivity index (χ0n) is 11.7. The van der Waals surface area contributed by atoms with Gasteiger partial charge in [0.15, 0.2) is 0 Å². The number of nitrogens with one attached hydrogen (secondary N) is 1. The van der Waals surface area contributed by atoms with Crippen molar-refractivity contribution in [1.29, 1.82) is 0 Å². The van der Waals surface area contributed by atoms with Gasteiger partial charge in [-0.3, -0.25) is 9.59 Å². The van der Waals surface area contributed by atoms with Gasteiger partial charge in [-0.15, -0.1) is 0 Å². The molecule has 21 heavy (non-hydrogen) atoms. The van der Waals surface area contributed by atoms with Crippen molar-refractivity contribution < 1.29 is 14.7 Å². The summed E-state index contributed by atoms with van der Waals surface area (Å²) in [6, 6.07) is 8.43. The summed E-state index contributed by atoms with van der Waals surface area (Å²) < 4.78 is 1.70. The molecule has 1 unspecified atom stereocenters. The Morgan fingerprint density at radius 3 is 2.57 bits per heavy atom. The monoisotopic (exact) mass is 287 g/mol. The lowest BCUT2D eigenvalue weighted by Crippen LogP contribution is -2.36. The average molecular weight is 287 g/mol. The first kappa shape index (κ1) is 14.8. The van der Waals surface area contributed by atoms with Gasteiger partial charge in [0, 0.05) is 24.0 Å². The lowest BCUT2D eigenvalue weighted by Gasteiger charge is -2.14. The van der Waals surface area contributed by atoms with Gasteiger partial charge in [0.05, 0.1) is 12.1 Å². The zero-order chi connectivity index (χ0) is 15.2. The van der Waals surface area contributed by atoms with Crippen LogP contribution in [0.3, 0.4) is 0 Å². The predicted molar refractivity (Wildman–Crippen MR) is 77.4 cm³/mol. The molecule has 0 fully saturated rings. The molecule has 1 amide bonds. The van der Waals surface area contributed by atoms with Crippen molar-refractivity contribution >= 4 is 11.9 Å². The molecule has 6 nitrogen and oxygen atoms in total. The summed E-state index contributed by atoms with van der Waals surface area (Å²) in [7, 11) is 0. The second-order valence-corrected chi connectivity index (χ2v) is 4.67. The summed E-state index contributed by atoms with van der Waals surface area (Å²) in [5.74, 6) is -1.19. The van der Waals surface area contributed by atoms with Crippen molar-refractivity contribution in [2.24, 2.45) is 0 Å². The number of hydrogen-bond donors (Lipinski definition) is 2. The van der Waals surface area contributed by atoms with E-state index >= 15 is 0 Å². The number of benzene rings is 1. The van der Waals surface area contributed by atoms with Crippen molar-refractivity contribution in [3.8, 4) is 5.69 Å². The molecule has 1 aromatic carbocycles. The molecule has 0 bridgehead atoms. The van der Waals surface area contributed by atoms with Crippen LogP contribution in [-0.2, 0) is 4.79 Å². The van der Waals surface area contributed by atoms with Gasteiger partial charge >= 0.3 is 5.97 Å². The lowest BCUT2D eigenvalue weighted by molar-refractivity contribution is -0.137. The number of carbonyl (C=O) groups excluding carboxylic acids is 1. The van der Waals surface area contributed by atoms with Crippen LogP contribution in [-0.4, -0.2) is 32.8 Å². The first-order valence-electron chi connectivity index (χ1n) is 6.73. The maximum absolute atomic E-state index is 12.1. The number of carbonyl (C=O) groups is 2. The summed E-state index contributed by atoms with van der Waals surface area (Å²) in [6.45, 7) is 1.84. The van der Waals surface area contributed by atoms with Crippen LogP contribution in [0.25, 0.3) is 5.69 Å². The fourth-order valence-corrected chi connectivity index (χ4v) is 1.96. The summed E-state index contributed by atoms with van der Waals surface area (Å²) in [6.07, 6.45) is 3.99. The second kappa shape index (κ2) is 6.69. The van der Waals surface area contributed by atoms with Crippen LogP contribution in [0.15, 0.2) is 42.7 Å². The first-order chi connectivity index (χ1) is 10.1. The van der Waals surface area contributed by atoms with Crippen molar-refractivity contribution in [2.45, 2.75) is 25.8 Å². The quantitative estimate of drug-likeness (QED) is 0.849. The van der Waals surface area contributed by atoms with Crippen LogP contribution in [0.1, 0.15) is 30.1 Å². The molecule has 6 heteroatoms. The van der Waals surface area contributed by atoms with Gasteiger partial charge in [0.25, 0.3) is 5.91 Å². The molecular formula is C15H17N3O3. The van der Waals surface area contributed by atoms with Crippen molar-refractivity contribution in [3.05, 3.63) is 48.3 Å². The fourth-order valence-electron chi connectivity index (χ4n) is 1.96. The molecule has 0 radical (unpaired) electrons. The summed E-state index contributed by atoms with van der Waals surface area (Å²) in [5, 5.41) is 15.6. The van der Waals surface area contributed by atoms with Gasteiger partial charge in [0.2, 0.25) is 0 Å². The molecule has 0 saturated carbocycles. The zero-order valence-corrected chi connectivity index (χ0v) is 11.7. The SMILES string of the molecule is CCC(CC(=O)O)NC(=O)c1ccc(-n2cccn2)cc1. The van der Waals surface area contributed by atoms with Gasteiger partial charge in [-0.1, -0.05) is 6.92 Å². The van der Waals surface area contributed by atoms with Gasteiger partial charge in [0.1, 0.15) is 0 Å². The highest BCUT2D eigenvalue weighted by Gasteiger charge is 2.15. The standard InChI is InChI=1S/C15H17N3O3/c1-2-12(10-14(19)20)17-15(21)11-4-6-13(7-5-11)18-9-3-8-16-18/h3-9,12H,2,10H2,1H3,(H,17,21)(H,19,20). The van der Waals surface area contributed by atoms with Crippen LogP contribution < -0.4 is 5.32 Å². The molecule has 0 saturated heterocycles. The third-order valence-corrected chi connectivity index (χ3v) is 3.15. The number of carboxylic acid groups (broad SMARTS) is 1. The minimum Gasteiger partial charge on any atom is -0.481 e. The average Bonchev–Trinajstić information content (AvgIpc) is 3.00. The molecule has 2 N–H and O–H groups in total. The third kappa shape index (κ3) is 3.92. The van der Waals surface area contributed by atoms with Crippen LogP contribution in [0.4, 0.5) is 0 Å². The van der Waals surface area contributed by atoms with E-state index in [0.29, 0.717) is 12.0 Å². The highest BCUT2D eigenvalue weighted by Crippen LogP contribution is 2.09. The van der Waals surface area contributed by atoms with Gasteiger partial charge < -0.3 is 10.4 Å². The highest BCUT2D eigenvalue weighted by molar-refractivity contribution is 5.94. The maximum Gasteiger partial charge on any atom is 0.305 e. The minimum absolute atomic E-state index is 0.0758. The molecule has 2 aromatic rings. The molecule has 0 aliphatic carbocycles. The molecule has 110 valence electrons. The maximum atomic E-state index is 12.1. The molecule has 0 aliphatic heterocycles. The Morgan fingerprint density at radius 1 is 1.33 bits per heavy atom. The Morgan fingerprint density at radius 2 is 2.05 bits per heavy atom. The van der Waals surface area contributed by atoms with E-state index in [4.69, 9.17) is 5.11 Å². The van der Waals surface area contributed by atoms with Crippen LogP contribution in [0, 0.1) is 0 Å². The van der Waals surface area contributed by atoms with E-state index in [2.05, 4.69) is 10.4 Å². The van der Waals surface area contributed by atoms with Crippen LogP contribution in [0.2, 0.25) is 0 Å². The molecular weight excluding hydrogens is 270 g/mol. The molecule has 1 aromatic heterocycles. The van der Waals surface area contributed by atoms with E-state index in [1.165, 1.54) is 0 Å². The number of rotatable bonds is 6. The van der Waals surface area contributed by atoms with Gasteiger partial charge in [-0.2, -0.15) is 5.10 Å². The first-order valence-corrected chi connectivity index (χ1v) is 6.73. The highest BCUT2D eigenvalue weighted by atomic mass is 16.4. The number of aliphatic carboxylic acids is 1. The van der Waals surface area contributed by atoms with E-state index in [1.807, 2.05) is 19.2 Å². The molecule has 0 spiro atoms. The minimum atomic E-state index is -0.920. The van der Waals surface area contributed by atoms with E-state index in [0.717, 1.165) is 5.69 Å². The largest absolute Gasteiger partial charge is 0.481 e. The van der Waals surface area contributed by atoms with Crippen molar-refractivity contribution in [1.82, 2.24) is 15.1 Å². The number of amides is 1. The number of nitrogens with zero attached hydrogens (tertiary/aromatic N) is 2. The molecule has 1 heterocycles. The van der Waals surface area contributed by atoms with E-state index in [-0.39, 0.29) is 18.4 Å². The Labute approximate surface area is 122 Å². The lowest BCUT2D eigenvalue weighted by atomic mass is 10.1. The van der Waals surface area contributed by atoms with E-state index < -0.39 is 5.97 Å². The summed E-state index contributed by atoms with van der Waals surface area (Å²) in [4.78, 5) is 22.8. The topological polar surface area (TPSA) is 84.2 Å². The smallest absolute Gasteiger partial charge is 0.305 e. The van der Waals surface area contributed by atoms with Crippen molar-refractivity contribution in [2.75, 3.05) is 0 Å². The molecule has 1 atom stereocenters. The Kier molecular flexibility index (Phi) is 4.71. The predicted octanol–water partition coefficient (Wildman–Crippen LogP) is 1.86. The molecule has 2 rings (SSSR count). The number of aromatic nitrogens is 2. The van der Waals surface area contributed by atoms with Gasteiger partial charge in [-0.25, -0.2) is 4.68 Å². The van der Waals surface area contributed by atoms with Crippen molar-refractivity contribution in [3.63, 3.8) is 0 Å². The fraction of sp³-hybridized carbons (Fsp3) is 0.267. The van der Waals surface area contributed by atoms with Crippen LogP contribution >= 0.6 is 0 Å².